The van der Waals surface area contributed by atoms with E-state index in [4.69, 9.17) is 11.6 Å². The van der Waals surface area contributed by atoms with Gasteiger partial charge in [0.05, 0.1) is 18.1 Å². The summed E-state index contributed by atoms with van der Waals surface area (Å²) in [6.07, 6.45) is -0.196. The zero-order chi connectivity index (χ0) is 19.9. The van der Waals surface area contributed by atoms with Gasteiger partial charge in [-0.15, -0.1) is 0 Å². The van der Waals surface area contributed by atoms with Crippen LogP contribution in [0.2, 0.25) is 5.28 Å². The molecule has 28 heavy (non-hydrogen) atoms. The van der Waals surface area contributed by atoms with E-state index in [0.29, 0.717) is 24.3 Å². The lowest BCUT2D eigenvalue weighted by Gasteiger charge is -2.07. The van der Waals surface area contributed by atoms with Crippen molar-refractivity contribution in [2.45, 2.75) is 26.2 Å². The Balaban J connectivity index is 1.62. The highest BCUT2D eigenvalue weighted by Gasteiger charge is 2.34. The molecule has 0 N–H and O–H groups in total. The smallest absolute Gasteiger partial charge is 0.331 e. The van der Waals surface area contributed by atoms with Crippen LogP contribution in [0.25, 0.3) is 22.4 Å². The van der Waals surface area contributed by atoms with E-state index in [9.17, 15) is 13.2 Å². The van der Waals surface area contributed by atoms with Crippen molar-refractivity contribution in [3.63, 3.8) is 0 Å². The van der Waals surface area contributed by atoms with Crippen molar-refractivity contribution in [2.75, 3.05) is 0 Å². The lowest BCUT2D eigenvalue weighted by molar-refractivity contribution is -0.140. The van der Waals surface area contributed by atoms with Gasteiger partial charge in [-0.2, -0.15) is 23.3 Å². The Morgan fingerprint density at radius 1 is 1.07 bits per heavy atom. The van der Waals surface area contributed by atoms with E-state index in [-0.39, 0.29) is 11.1 Å². The standard InChI is InChI=1S/C18H14ClF3N6/c1-2-27-10-14(18(20,21)22)25-15(27)12-5-3-11(4-6-12)9-28-16-13(8-24-28)7-23-17(19)26-16/h3-8,10H,2,9H2,1H3. The van der Waals surface area contributed by atoms with Crippen LogP contribution >= 0.6 is 11.6 Å². The highest BCUT2D eigenvalue weighted by Crippen LogP contribution is 2.31. The van der Waals surface area contributed by atoms with E-state index in [0.717, 1.165) is 17.1 Å². The first kappa shape index (κ1) is 18.4. The van der Waals surface area contributed by atoms with Crippen LogP contribution in [0.4, 0.5) is 13.2 Å². The van der Waals surface area contributed by atoms with E-state index < -0.39 is 11.9 Å². The summed E-state index contributed by atoms with van der Waals surface area (Å²) >= 11 is 5.85. The predicted molar refractivity (Wildman–Crippen MR) is 97.8 cm³/mol. The highest BCUT2D eigenvalue weighted by molar-refractivity contribution is 6.28. The highest BCUT2D eigenvalue weighted by atomic mass is 35.5. The van der Waals surface area contributed by atoms with Gasteiger partial charge in [-0.3, -0.25) is 0 Å². The molecule has 6 nitrogen and oxygen atoms in total. The van der Waals surface area contributed by atoms with Crippen molar-refractivity contribution >= 4 is 22.6 Å². The minimum atomic E-state index is -4.47. The molecule has 0 aliphatic heterocycles. The Hall–Kier alpha value is -2.94. The van der Waals surface area contributed by atoms with Gasteiger partial charge in [-0.25, -0.2) is 14.6 Å². The number of rotatable bonds is 4. The topological polar surface area (TPSA) is 61.4 Å². The van der Waals surface area contributed by atoms with E-state index in [1.54, 1.807) is 36.1 Å². The molecule has 144 valence electrons. The maximum atomic E-state index is 13.0. The Bertz CT molecular complexity index is 1130. The maximum Gasteiger partial charge on any atom is 0.434 e. The first-order chi connectivity index (χ1) is 13.3. The van der Waals surface area contributed by atoms with Crippen LogP contribution in [0, 0.1) is 0 Å². The number of aryl methyl sites for hydroxylation is 1. The van der Waals surface area contributed by atoms with Crippen LogP contribution in [0.1, 0.15) is 18.2 Å². The van der Waals surface area contributed by atoms with E-state index in [1.807, 2.05) is 12.1 Å². The molecule has 0 spiro atoms. The fraction of sp³-hybridized carbons (Fsp3) is 0.222. The molecular formula is C18H14ClF3N6. The minimum Gasteiger partial charge on any atom is -0.331 e. The number of fused-ring (bicyclic) bond motifs is 1. The van der Waals surface area contributed by atoms with Gasteiger partial charge in [0.1, 0.15) is 5.82 Å². The zero-order valence-electron chi connectivity index (χ0n) is 14.7. The average molecular weight is 407 g/mol. The summed E-state index contributed by atoms with van der Waals surface area (Å²) in [6.45, 7) is 2.60. The van der Waals surface area contributed by atoms with Gasteiger partial charge in [-0.05, 0) is 24.1 Å². The monoisotopic (exact) mass is 406 g/mol. The van der Waals surface area contributed by atoms with Crippen molar-refractivity contribution in [3.05, 3.63) is 59.4 Å². The summed E-state index contributed by atoms with van der Waals surface area (Å²) in [5, 5.41) is 5.19. The number of halogens is 4. The number of nitrogens with zero attached hydrogens (tertiary/aromatic N) is 6. The van der Waals surface area contributed by atoms with Crippen molar-refractivity contribution in [1.82, 2.24) is 29.3 Å². The number of imidazole rings is 1. The molecule has 0 amide bonds. The van der Waals surface area contributed by atoms with Gasteiger partial charge in [0.25, 0.3) is 0 Å². The summed E-state index contributed by atoms with van der Waals surface area (Å²) in [5.41, 5.74) is 1.24. The number of hydrogen-bond acceptors (Lipinski definition) is 4. The molecule has 0 saturated carbocycles. The summed E-state index contributed by atoms with van der Waals surface area (Å²) in [7, 11) is 0. The van der Waals surface area contributed by atoms with Gasteiger partial charge < -0.3 is 4.57 Å². The van der Waals surface area contributed by atoms with Crippen molar-refractivity contribution in [3.8, 4) is 11.4 Å². The zero-order valence-corrected chi connectivity index (χ0v) is 15.4. The normalized spacial score (nSPS) is 12.0. The second kappa shape index (κ2) is 6.90. The number of aromatic nitrogens is 6. The first-order valence-corrected chi connectivity index (χ1v) is 8.80. The molecule has 0 atom stereocenters. The third-order valence-electron chi connectivity index (χ3n) is 4.30. The van der Waals surface area contributed by atoms with Crippen LogP contribution in [-0.2, 0) is 19.3 Å². The van der Waals surface area contributed by atoms with Crippen LogP contribution in [0.5, 0.6) is 0 Å². The van der Waals surface area contributed by atoms with E-state index in [2.05, 4.69) is 20.1 Å². The van der Waals surface area contributed by atoms with Gasteiger partial charge in [-0.1, -0.05) is 24.3 Å². The largest absolute Gasteiger partial charge is 0.434 e. The molecular weight excluding hydrogens is 393 g/mol. The Labute approximate surface area is 162 Å². The minimum absolute atomic E-state index is 0.136. The first-order valence-electron chi connectivity index (χ1n) is 8.43. The summed E-state index contributed by atoms with van der Waals surface area (Å²) in [5.74, 6) is 0.283. The van der Waals surface area contributed by atoms with Crippen LogP contribution in [0.15, 0.2) is 42.9 Å². The van der Waals surface area contributed by atoms with Crippen LogP contribution in [-0.4, -0.2) is 29.3 Å². The molecule has 0 aliphatic carbocycles. The van der Waals surface area contributed by atoms with Gasteiger partial charge in [0.2, 0.25) is 5.28 Å². The quantitative estimate of drug-likeness (QED) is 0.470. The summed E-state index contributed by atoms with van der Waals surface area (Å²) in [4.78, 5) is 11.9. The van der Waals surface area contributed by atoms with Gasteiger partial charge >= 0.3 is 6.18 Å². The molecule has 0 bridgehead atoms. The number of benzene rings is 1. The predicted octanol–water partition coefficient (Wildman–Crippen LogP) is 4.43. The van der Waals surface area contributed by atoms with Crippen molar-refractivity contribution in [2.24, 2.45) is 0 Å². The summed E-state index contributed by atoms with van der Waals surface area (Å²) < 4.78 is 42.1. The fourth-order valence-electron chi connectivity index (χ4n) is 2.92. The molecule has 0 aliphatic rings. The molecule has 4 aromatic rings. The van der Waals surface area contributed by atoms with Crippen LogP contribution in [0.3, 0.4) is 0 Å². The molecule has 0 fully saturated rings. The number of alkyl halides is 3. The Kier molecular flexibility index (Phi) is 4.54. The summed E-state index contributed by atoms with van der Waals surface area (Å²) in [6, 6.07) is 7.15. The molecule has 3 heterocycles. The third-order valence-corrected chi connectivity index (χ3v) is 4.48. The average Bonchev–Trinajstić information content (AvgIpc) is 3.27. The molecule has 4 rings (SSSR count). The maximum absolute atomic E-state index is 13.0. The van der Waals surface area contributed by atoms with Gasteiger partial charge in [0.15, 0.2) is 11.3 Å². The number of hydrogen-bond donors (Lipinski definition) is 0. The molecule has 0 radical (unpaired) electrons. The third kappa shape index (κ3) is 3.45. The molecule has 10 heteroatoms. The molecule has 3 aromatic heterocycles. The lowest BCUT2D eigenvalue weighted by Crippen LogP contribution is -2.05. The van der Waals surface area contributed by atoms with Crippen molar-refractivity contribution < 1.29 is 13.2 Å². The van der Waals surface area contributed by atoms with Crippen molar-refractivity contribution in [1.29, 1.82) is 0 Å². The van der Waals surface area contributed by atoms with Gasteiger partial charge in [0, 0.05) is 24.5 Å². The second-order valence-corrected chi connectivity index (χ2v) is 6.49. The fourth-order valence-corrected chi connectivity index (χ4v) is 3.05. The van der Waals surface area contributed by atoms with E-state index in [1.165, 1.54) is 4.57 Å². The molecule has 0 saturated heterocycles. The van der Waals surface area contributed by atoms with Crippen LogP contribution < -0.4 is 0 Å². The Morgan fingerprint density at radius 2 is 1.82 bits per heavy atom. The SMILES string of the molecule is CCn1cc(C(F)(F)F)nc1-c1ccc(Cn2ncc3cnc(Cl)nc32)cc1. The second-order valence-electron chi connectivity index (χ2n) is 6.15. The lowest BCUT2D eigenvalue weighted by atomic mass is 10.1. The Morgan fingerprint density at radius 3 is 2.50 bits per heavy atom. The molecule has 1 aromatic carbocycles. The van der Waals surface area contributed by atoms with E-state index >= 15 is 0 Å². The molecule has 0 unspecified atom stereocenters.